The first-order valence-electron chi connectivity index (χ1n) is 11.3. The lowest BCUT2D eigenvalue weighted by Gasteiger charge is -2.32. The van der Waals surface area contributed by atoms with E-state index in [1.54, 1.807) is 42.2 Å². The standard InChI is InChI=1S/C25H23Cl2FN4O3/c1-15-12-17(3-5-21(15)28)35-23-18-14-32(24(33)16-2-4-19(26)20(27)13-16)7-6-22(18)29-25(30-23)31-8-10-34-11-9-31/h2-5,12-13H,6-11,14H2,1H3. The molecule has 10 heteroatoms. The Labute approximate surface area is 212 Å². The summed E-state index contributed by atoms with van der Waals surface area (Å²) in [6.07, 6.45) is 0.543. The topological polar surface area (TPSA) is 67.8 Å². The highest BCUT2D eigenvalue weighted by atomic mass is 35.5. The summed E-state index contributed by atoms with van der Waals surface area (Å²) >= 11 is 12.1. The van der Waals surface area contributed by atoms with Crippen LogP contribution in [0.2, 0.25) is 10.0 Å². The second kappa shape index (κ2) is 9.97. The van der Waals surface area contributed by atoms with Crippen LogP contribution in [0.4, 0.5) is 10.3 Å². The van der Waals surface area contributed by atoms with Gasteiger partial charge >= 0.3 is 0 Å². The van der Waals surface area contributed by atoms with E-state index in [0.29, 0.717) is 78.0 Å². The third-order valence-electron chi connectivity index (χ3n) is 6.10. The van der Waals surface area contributed by atoms with Crippen molar-refractivity contribution in [2.75, 3.05) is 37.7 Å². The molecule has 0 aliphatic carbocycles. The van der Waals surface area contributed by atoms with E-state index in [2.05, 4.69) is 4.90 Å². The smallest absolute Gasteiger partial charge is 0.254 e. The van der Waals surface area contributed by atoms with Gasteiger partial charge in [-0.3, -0.25) is 4.79 Å². The molecule has 0 spiro atoms. The van der Waals surface area contributed by atoms with Crippen molar-refractivity contribution in [2.24, 2.45) is 0 Å². The van der Waals surface area contributed by atoms with Gasteiger partial charge in [0.15, 0.2) is 0 Å². The van der Waals surface area contributed by atoms with Crippen LogP contribution in [0.5, 0.6) is 11.6 Å². The van der Waals surface area contributed by atoms with Gasteiger partial charge in [0.25, 0.3) is 5.91 Å². The maximum atomic E-state index is 13.8. The maximum absolute atomic E-state index is 13.8. The number of halogens is 3. The Morgan fingerprint density at radius 1 is 1.06 bits per heavy atom. The Bertz CT molecular complexity index is 1280. The van der Waals surface area contributed by atoms with E-state index < -0.39 is 0 Å². The largest absolute Gasteiger partial charge is 0.438 e. The van der Waals surface area contributed by atoms with Gasteiger partial charge in [0, 0.05) is 31.6 Å². The maximum Gasteiger partial charge on any atom is 0.254 e. The van der Waals surface area contributed by atoms with E-state index >= 15 is 0 Å². The lowest BCUT2D eigenvalue weighted by molar-refractivity contribution is 0.0731. The monoisotopic (exact) mass is 516 g/mol. The van der Waals surface area contributed by atoms with Gasteiger partial charge in [-0.2, -0.15) is 4.98 Å². The molecule has 0 bridgehead atoms. The van der Waals surface area contributed by atoms with Crippen LogP contribution in [0.25, 0.3) is 0 Å². The highest BCUT2D eigenvalue weighted by Crippen LogP contribution is 2.33. The lowest BCUT2D eigenvalue weighted by atomic mass is 10.0. The average molecular weight is 517 g/mol. The number of ether oxygens (including phenoxy) is 2. The molecule has 0 N–H and O–H groups in total. The van der Waals surface area contributed by atoms with E-state index in [-0.39, 0.29) is 18.3 Å². The number of aryl methyl sites for hydroxylation is 1. The fourth-order valence-corrected chi connectivity index (χ4v) is 4.44. The minimum absolute atomic E-state index is 0.171. The van der Waals surface area contributed by atoms with Gasteiger partial charge in [-0.1, -0.05) is 23.2 Å². The summed E-state index contributed by atoms with van der Waals surface area (Å²) in [7, 11) is 0. The van der Waals surface area contributed by atoms with Crippen LogP contribution in [0.3, 0.4) is 0 Å². The molecule has 1 aromatic heterocycles. The first kappa shape index (κ1) is 23.8. The van der Waals surface area contributed by atoms with Crippen molar-refractivity contribution in [2.45, 2.75) is 19.9 Å². The SMILES string of the molecule is Cc1cc(Oc2nc(N3CCOCC3)nc3c2CN(C(=O)c2ccc(Cl)c(Cl)c2)CC3)ccc1F. The van der Waals surface area contributed by atoms with Gasteiger partial charge < -0.3 is 19.3 Å². The molecule has 2 aliphatic rings. The van der Waals surface area contributed by atoms with Gasteiger partial charge in [0.05, 0.1) is 41.1 Å². The molecule has 5 rings (SSSR count). The van der Waals surface area contributed by atoms with E-state index in [1.807, 2.05) is 0 Å². The molecule has 0 radical (unpaired) electrons. The number of benzene rings is 2. The molecule has 1 fully saturated rings. The summed E-state index contributed by atoms with van der Waals surface area (Å²) in [4.78, 5) is 26.5. The van der Waals surface area contributed by atoms with Crippen LogP contribution in [0, 0.1) is 12.7 Å². The molecular formula is C25H23Cl2FN4O3. The number of hydrogen-bond acceptors (Lipinski definition) is 6. The number of rotatable bonds is 4. The average Bonchev–Trinajstić information content (AvgIpc) is 2.87. The fourth-order valence-electron chi connectivity index (χ4n) is 4.14. The highest BCUT2D eigenvalue weighted by Gasteiger charge is 2.29. The minimum Gasteiger partial charge on any atom is -0.438 e. The van der Waals surface area contributed by atoms with Crippen LogP contribution in [-0.4, -0.2) is 53.6 Å². The van der Waals surface area contributed by atoms with Crippen LogP contribution in [0.1, 0.15) is 27.2 Å². The second-order valence-electron chi connectivity index (χ2n) is 8.47. The Hall–Kier alpha value is -2.94. The Morgan fingerprint density at radius 3 is 2.60 bits per heavy atom. The summed E-state index contributed by atoms with van der Waals surface area (Å²) < 4.78 is 25.4. The Morgan fingerprint density at radius 2 is 1.86 bits per heavy atom. The van der Waals surface area contributed by atoms with Crippen LogP contribution >= 0.6 is 23.2 Å². The minimum atomic E-state index is -0.311. The second-order valence-corrected chi connectivity index (χ2v) is 9.29. The van der Waals surface area contributed by atoms with Crippen molar-refractivity contribution in [3.05, 3.63) is 74.6 Å². The van der Waals surface area contributed by atoms with E-state index in [4.69, 9.17) is 42.6 Å². The molecule has 1 amide bonds. The number of anilines is 1. The molecule has 182 valence electrons. The molecule has 3 aromatic rings. The van der Waals surface area contributed by atoms with Gasteiger partial charge in [-0.05, 0) is 48.9 Å². The quantitative estimate of drug-likeness (QED) is 0.482. The zero-order valence-electron chi connectivity index (χ0n) is 19.1. The third-order valence-corrected chi connectivity index (χ3v) is 6.84. The molecule has 0 atom stereocenters. The van der Waals surface area contributed by atoms with Crippen LogP contribution < -0.4 is 9.64 Å². The van der Waals surface area contributed by atoms with Gasteiger partial charge in [-0.15, -0.1) is 0 Å². The summed E-state index contributed by atoms with van der Waals surface area (Å²) in [6.45, 7) is 4.98. The van der Waals surface area contributed by atoms with Crippen molar-refractivity contribution in [1.29, 1.82) is 0 Å². The lowest BCUT2D eigenvalue weighted by Crippen LogP contribution is -2.39. The number of aromatic nitrogens is 2. The molecule has 3 heterocycles. The van der Waals surface area contributed by atoms with E-state index in [9.17, 15) is 9.18 Å². The van der Waals surface area contributed by atoms with Gasteiger partial charge in [-0.25, -0.2) is 9.37 Å². The highest BCUT2D eigenvalue weighted by molar-refractivity contribution is 6.42. The molecule has 0 saturated carbocycles. The van der Waals surface area contributed by atoms with Crippen LogP contribution in [0.15, 0.2) is 36.4 Å². The van der Waals surface area contributed by atoms with Crippen molar-refractivity contribution in [3.8, 4) is 11.6 Å². The number of carbonyl (C=O) groups excluding carboxylic acids is 1. The number of morpholine rings is 1. The number of amides is 1. The number of hydrogen-bond donors (Lipinski definition) is 0. The molecule has 35 heavy (non-hydrogen) atoms. The predicted molar refractivity (Wildman–Crippen MR) is 131 cm³/mol. The number of carbonyl (C=O) groups is 1. The first-order valence-corrected chi connectivity index (χ1v) is 12.1. The molecule has 0 unspecified atom stereocenters. The van der Waals surface area contributed by atoms with Crippen molar-refractivity contribution < 1.29 is 18.7 Å². The Kier molecular flexibility index (Phi) is 6.77. The van der Waals surface area contributed by atoms with E-state index in [1.165, 1.54) is 6.07 Å². The van der Waals surface area contributed by atoms with Crippen molar-refractivity contribution >= 4 is 35.1 Å². The first-order chi connectivity index (χ1) is 16.9. The predicted octanol–water partition coefficient (Wildman–Crippen LogP) is 5.06. The molecule has 2 aliphatic heterocycles. The molecule has 2 aromatic carbocycles. The third kappa shape index (κ3) is 5.05. The fraction of sp³-hybridized carbons (Fsp3) is 0.320. The number of fused-ring (bicyclic) bond motifs is 1. The summed E-state index contributed by atoms with van der Waals surface area (Å²) in [5.74, 6) is 0.898. The van der Waals surface area contributed by atoms with Crippen LogP contribution in [-0.2, 0) is 17.7 Å². The summed E-state index contributed by atoms with van der Waals surface area (Å²) in [5.41, 5.74) is 2.47. The van der Waals surface area contributed by atoms with Crippen molar-refractivity contribution in [1.82, 2.24) is 14.9 Å². The Balaban J connectivity index is 1.49. The normalized spacial score (nSPS) is 15.7. The zero-order valence-corrected chi connectivity index (χ0v) is 20.6. The number of nitrogens with zero attached hydrogens (tertiary/aromatic N) is 4. The molecule has 1 saturated heterocycles. The zero-order chi connectivity index (χ0) is 24.5. The van der Waals surface area contributed by atoms with Gasteiger partial charge in [0.1, 0.15) is 11.6 Å². The van der Waals surface area contributed by atoms with Crippen molar-refractivity contribution in [3.63, 3.8) is 0 Å². The van der Waals surface area contributed by atoms with Gasteiger partial charge in [0.2, 0.25) is 11.8 Å². The molecule has 7 nitrogen and oxygen atoms in total. The summed E-state index contributed by atoms with van der Waals surface area (Å²) in [6, 6.07) is 9.38. The molecular weight excluding hydrogens is 494 g/mol. The summed E-state index contributed by atoms with van der Waals surface area (Å²) in [5, 5.41) is 0.714. The van der Waals surface area contributed by atoms with E-state index in [0.717, 1.165) is 11.3 Å².